The fourth-order valence-corrected chi connectivity index (χ4v) is 2.33. The van der Waals surface area contributed by atoms with Crippen LogP contribution in [0.15, 0.2) is 60.7 Å². The van der Waals surface area contributed by atoms with Crippen molar-refractivity contribution in [2.75, 3.05) is 13.1 Å². The lowest BCUT2D eigenvalue weighted by atomic mass is 9.83. The van der Waals surface area contributed by atoms with Gasteiger partial charge in [-0.15, -0.1) is 0 Å². The van der Waals surface area contributed by atoms with Crippen molar-refractivity contribution in [3.8, 4) is 0 Å². The van der Waals surface area contributed by atoms with E-state index in [0.29, 0.717) is 6.42 Å². The first-order valence-electron chi connectivity index (χ1n) is 6.81. The molecule has 0 spiro atoms. The highest BCUT2D eigenvalue weighted by atomic mass is 16.3. The van der Waals surface area contributed by atoms with E-state index >= 15 is 0 Å². The van der Waals surface area contributed by atoms with Crippen LogP contribution in [0.2, 0.25) is 0 Å². The van der Waals surface area contributed by atoms with Crippen molar-refractivity contribution < 1.29 is 5.11 Å². The van der Waals surface area contributed by atoms with Gasteiger partial charge in [0.25, 0.3) is 0 Å². The molecular formula is C17H21NO. The van der Waals surface area contributed by atoms with E-state index in [1.54, 1.807) is 0 Å². The van der Waals surface area contributed by atoms with Crippen LogP contribution >= 0.6 is 0 Å². The Labute approximate surface area is 115 Å². The van der Waals surface area contributed by atoms with E-state index in [1.807, 2.05) is 60.7 Å². The summed E-state index contributed by atoms with van der Waals surface area (Å²) in [6.45, 7) is 3.78. The zero-order valence-corrected chi connectivity index (χ0v) is 11.3. The molecule has 2 heteroatoms. The van der Waals surface area contributed by atoms with Crippen molar-refractivity contribution in [1.29, 1.82) is 0 Å². The van der Waals surface area contributed by atoms with Crippen LogP contribution in [0.5, 0.6) is 0 Å². The summed E-state index contributed by atoms with van der Waals surface area (Å²) >= 11 is 0. The highest BCUT2D eigenvalue weighted by molar-refractivity contribution is 5.35. The lowest BCUT2D eigenvalue weighted by Gasteiger charge is -2.29. The number of aliphatic hydroxyl groups is 1. The summed E-state index contributed by atoms with van der Waals surface area (Å²) < 4.78 is 0. The third-order valence-corrected chi connectivity index (χ3v) is 3.42. The van der Waals surface area contributed by atoms with Crippen molar-refractivity contribution in [1.82, 2.24) is 5.32 Å². The summed E-state index contributed by atoms with van der Waals surface area (Å²) in [7, 11) is 0. The van der Waals surface area contributed by atoms with Gasteiger partial charge in [-0.3, -0.25) is 0 Å². The average molecular weight is 255 g/mol. The van der Waals surface area contributed by atoms with Crippen LogP contribution in [0, 0.1) is 0 Å². The predicted molar refractivity (Wildman–Crippen MR) is 79.0 cm³/mol. The van der Waals surface area contributed by atoms with E-state index in [0.717, 1.165) is 24.2 Å². The topological polar surface area (TPSA) is 32.3 Å². The van der Waals surface area contributed by atoms with Crippen LogP contribution in [0.25, 0.3) is 0 Å². The first-order valence-corrected chi connectivity index (χ1v) is 6.81. The smallest absolute Gasteiger partial charge is 0.116 e. The van der Waals surface area contributed by atoms with Gasteiger partial charge in [0.1, 0.15) is 5.60 Å². The largest absolute Gasteiger partial charge is 0.380 e. The molecule has 0 unspecified atom stereocenters. The Morgan fingerprint density at radius 3 is 1.79 bits per heavy atom. The van der Waals surface area contributed by atoms with Crippen LogP contribution in [0.3, 0.4) is 0 Å². The Morgan fingerprint density at radius 2 is 1.37 bits per heavy atom. The molecule has 0 bridgehead atoms. The van der Waals surface area contributed by atoms with Crippen molar-refractivity contribution in [3.63, 3.8) is 0 Å². The fourth-order valence-electron chi connectivity index (χ4n) is 2.33. The molecule has 2 aromatic rings. The molecule has 19 heavy (non-hydrogen) atoms. The Bertz CT molecular complexity index is 442. The van der Waals surface area contributed by atoms with Gasteiger partial charge in [-0.25, -0.2) is 0 Å². The molecule has 0 aliphatic carbocycles. The van der Waals surface area contributed by atoms with E-state index in [-0.39, 0.29) is 0 Å². The highest BCUT2D eigenvalue weighted by Crippen LogP contribution is 2.32. The quantitative estimate of drug-likeness (QED) is 0.778. The number of benzene rings is 2. The Balaban J connectivity index is 2.33. The third-order valence-electron chi connectivity index (χ3n) is 3.42. The van der Waals surface area contributed by atoms with E-state index in [4.69, 9.17) is 0 Å². The monoisotopic (exact) mass is 255 g/mol. The predicted octanol–water partition coefficient (Wildman–Crippen LogP) is 2.92. The molecule has 0 radical (unpaired) electrons. The average Bonchev–Trinajstić information content (AvgIpc) is 2.49. The number of rotatable bonds is 6. The van der Waals surface area contributed by atoms with E-state index in [9.17, 15) is 5.11 Å². The maximum atomic E-state index is 11.1. The molecule has 2 rings (SSSR count). The lowest BCUT2D eigenvalue weighted by Crippen LogP contribution is -2.32. The van der Waals surface area contributed by atoms with E-state index in [1.165, 1.54) is 0 Å². The maximum Gasteiger partial charge on any atom is 0.116 e. The van der Waals surface area contributed by atoms with Crippen molar-refractivity contribution in [3.05, 3.63) is 71.8 Å². The lowest BCUT2D eigenvalue weighted by molar-refractivity contribution is 0.0713. The molecule has 100 valence electrons. The number of hydrogen-bond donors (Lipinski definition) is 2. The summed E-state index contributed by atoms with van der Waals surface area (Å²) in [5.74, 6) is 0. The van der Waals surface area contributed by atoms with Crippen LogP contribution in [0.1, 0.15) is 24.5 Å². The molecule has 0 saturated heterocycles. The summed E-state index contributed by atoms with van der Waals surface area (Å²) in [6, 6.07) is 19.8. The third kappa shape index (κ3) is 3.22. The van der Waals surface area contributed by atoms with Crippen LogP contribution < -0.4 is 5.32 Å². The first kappa shape index (κ1) is 13.8. The van der Waals surface area contributed by atoms with Crippen LogP contribution in [0.4, 0.5) is 0 Å². The Morgan fingerprint density at radius 1 is 0.895 bits per heavy atom. The molecule has 0 atom stereocenters. The van der Waals surface area contributed by atoms with Crippen LogP contribution in [-0.2, 0) is 5.60 Å². The molecular weight excluding hydrogens is 234 g/mol. The van der Waals surface area contributed by atoms with Gasteiger partial charge in [0.05, 0.1) is 0 Å². The zero-order valence-electron chi connectivity index (χ0n) is 11.3. The Hall–Kier alpha value is -1.64. The summed E-state index contributed by atoms with van der Waals surface area (Å²) in [5, 5.41) is 14.4. The zero-order chi connectivity index (χ0) is 13.6. The maximum absolute atomic E-state index is 11.1. The van der Waals surface area contributed by atoms with E-state index in [2.05, 4.69) is 12.2 Å². The van der Waals surface area contributed by atoms with Gasteiger partial charge < -0.3 is 10.4 Å². The molecule has 0 aliphatic heterocycles. The second kappa shape index (κ2) is 6.50. The molecule has 0 amide bonds. The highest BCUT2D eigenvalue weighted by Gasteiger charge is 2.30. The molecule has 2 N–H and O–H groups in total. The van der Waals surface area contributed by atoms with Crippen molar-refractivity contribution in [2.45, 2.75) is 18.9 Å². The van der Waals surface area contributed by atoms with Crippen molar-refractivity contribution in [2.24, 2.45) is 0 Å². The number of nitrogens with one attached hydrogen (secondary N) is 1. The van der Waals surface area contributed by atoms with Gasteiger partial charge in [-0.2, -0.15) is 0 Å². The second-order valence-electron chi connectivity index (χ2n) is 4.70. The molecule has 0 heterocycles. The minimum absolute atomic E-state index is 0.662. The van der Waals surface area contributed by atoms with Gasteiger partial charge in [0.15, 0.2) is 0 Å². The minimum atomic E-state index is -0.926. The summed E-state index contributed by atoms with van der Waals surface area (Å²) in [4.78, 5) is 0. The first-order chi connectivity index (χ1) is 9.27. The fraction of sp³-hybridized carbons (Fsp3) is 0.294. The standard InChI is InChI=1S/C17H21NO/c1-2-18-14-13-17(19,15-9-5-3-6-10-15)16-11-7-4-8-12-16/h3-12,18-19H,2,13-14H2,1H3. The molecule has 0 aromatic heterocycles. The van der Waals surface area contributed by atoms with Gasteiger partial charge in [0.2, 0.25) is 0 Å². The summed E-state index contributed by atoms with van der Waals surface area (Å²) in [6.07, 6.45) is 0.662. The van der Waals surface area contributed by atoms with Crippen molar-refractivity contribution >= 4 is 0 Å². The molecule has 2 nitrogen and oxygen atoms in total. The SMILES string of the molecule is CCNCCC(O)(c1ccccc1)c1ccccc1. The second-order valence-corrected chi connectivity index (χ2v) is 4.70. The van der Waals surface area contributed by atoms with Gasteiger partial charge in [-0.1, -0.05) is 67.6 Å². The molecule has 0 saturated carbocycles. The molecule has 2 aromatic carbocycles. The van der Waals surface area contributed by atoms with Crippen LogP contribution in [-0.4, -0.2) is 18.2 Å². The van der Waals surface area contributed by atoms with Gasteiger partial charge in [0, 0.05) is 0 Å². The normalized spacial score (nSPS) is 11.5. The molecule has 0 fully saturated rings. The minimum Gasteiger partial charge on any atom is -0.380 e. The molecule has 0 aliphatic rings. The van der Waals surface area contributed by atoms with Gasteiger partial charge in [-0.05, 0) is 30.6 Å². The summed E-state index contributed by atoms with van der Waals surface area (Å²) in [5.41, 5.74) is 0.961. The Kier molecular flexibility index (Phi) is 4.72. The van der Waals surface area contributed by atoms with Gasteiger partial charge >= 0.3 is 0 Å². The number of hydrogen-bond acceptors (Lipinski definition) is 2. The van der Waals surface area contributed by atoms with E-state index < -0.39 is 5.60 Å².